The van der Waals surface area contributed by atoms with Gasteiger partial charge in [0, 0.05) is 34.8 Å². The average Bonchev–Trinajstić information content (AvgIpc) is 3.41. The first-order valence-electron chi connectivity index (χ1n) is 12.6. The number of rotatable bonds is 6. The molecule has 0 amide bonds. The normalized spacial score (nSPS) is 11.7. The predicted molar refractivity (Wildman–Crippen MR) is 159 cm³/mol. The molecule has 0 saturated heterocycles. The van der Waals surface area contributed by atoms with E-state index in [1.165, 1.54) is 11.3 Å². The molecular formula is C30H24ClN7OS. The second kappa shape index (κ2) is 10.3. The lowest BCUT2D eigenvalue weighted by Crippen LogP contribution is -2.18. The van der Waals surface area contributed by atoms with Gasteiger partial charge in [-0.15, -0.1) is 10.2 Å². The van der Waals surface area contributed by atoms with Crippen LogP contribution < -0.4 is 5.73 Å². The fourth-order valence-electron chi connectivity index (χ4n) is 4.38. The van der Waals surface area contributed by atoms with Crippen LogP contribution in [0, 0.1) is 0 Å². The zero-order chi connectivity index (χ0) is 27.9. The van der Waals surface area contributed by atoms with E-state index < -0.39 is 5.60 Å². The quantitative estimate of drug-likeness (QED) is 0.240. The Morgan fingerprint density at radius 2 is 1.65 bits per heavy atom. The van der Waals surface area contributed by atoms with Gasteiger partial charge in [-0.05, 0) is 44.2 Å². The number of pyridine rings is 2. The maximum Gasteiger partial charge on any atom is 0.170 e. The molecule has 198 valence electrons. The first kappa shape index (κ1) is 25.9. The number of fused-ring (bicyclic) bond motifs is 1. The predicted octanol–water partition coefficient (Wildman–Crippen LogP) is 6.33. The van der Waals surface area contributed by atoms with Crippen molar-refractivity contribution in [3.8, 4) is 33.2 Å². The molecule has 0 atom stereocenters. The van der Waals surface area contributed by atoms with Gasteiger partial charge < -0.3 is 10.8 Å². The first-order chi connectivity index (χ1) is 19.3. The van der Waals surface area contributed by atoms with E-state index in [2.05, 4.69) is 20.2 Å². The molecule has 4 heterocycles. The number of aliphatic hydroxyl groups is 1. The van der Waals surface area contributed by atoms with E-state index in [-0.39, 0.29) is 5.82 Å². The van der Waals surface area contributed by atoms with Crippen molar-refractivity contribution >= 4 is 39.7 Å². The van der Waals surface area contributed by atoms with Gasteiger partial charge in [-0.2, -0.15) is 0 Å². The van der Waals surface area contributed by atoms with Gasteiger partial charge in [0.1, 0.15) is 16.3 Å². The molecule has 6 rings (SSSR count). The molecule has 0 spiro atoms. The van der Waals surface area contributed by atoms with Crippen molar-refractivity contribution < 1.29 is 5.11 Å². The molecule has 0 aliphatic carbocycles. The number of hydrogen-bond acceptors (Lipinski definition) is 9. The summed E-state index contributed by atoms with van der Waals surface area (Å²) in [5.74, 6) is 0.251. The molecule has 4 aromatic heterocycles. The molecule has 0 saturated carbocycles. The lowest BCUT2D eigenvalue weighted by molar-refractivity contribution is 0.0736. The van der Waals surface area contributed by atoms with Crippen molar-refractivity contribution in [2.45, 2.75) is 25.9 Å². The van der Waals surface area contributed by atoms with Crippen LogP contribution in [0.4, 0.5) is 5.82 Å². The molecule has 6 aromatic rings. The molecule has 10 heteroatoms. The third-order valence-electron chi connectivity index (χ3n) is 6.34. The lowest BCUT2D eigenvalue weighted by atomic mass is 10.0. The van der Waals surface area contributed by atoms with Gasteiger partial charge in [-0.3, -0.25) is 9.97 Å². The van der Waals surface area contributed by atoms with Crippen molar-refractivity contribution in [1.29, 1.82) is 0 Å². The number of hydrogen-bond donors (Lipinski definition) is 2. The molecule has 8 nitrogen and oxygen atoms in total. The molecule has 3 N–H and O–H groups in total. The van der Waals surface area contributed by atoms with Crippen molar-refractivity contribution in [2.24, 2.45) is 0 Å². The fraction of sp³-hybridized carbons (Fsp3) is 0.133. The van der Waals surface area contributed by atoms with E-state index in [4.69, 9.17) is 27.3 Å². The van der Waals surface area contributed by atoms with Crippen molar-refractivity contribution in [3.05, 3.63) is 100 Å². The van der Waals surface area contributed by atoms with Gasteiger partial charge in [0.15, 0.2) is 10.8 Å². The topological polar surface area (TPSA) is 124 Å². The summed E-state index contributed by atoms with van der Waals surface area (Å²) in [5.41, 5.74) is 10.9. The summed E-state index contributed by atoms with van der Waals surface area (Å²) in [6.45, 7) is 3.42. The number of anilines is 1. The van der Waals surface area contributed by atoms with E-state index in [0.717, 1.165) is 27.2 Å². The SMILES string of the molecule is CC(C)(O)c1cccc(Cc2nnc(-c3nc(-c4cc(Cl)c5ncccc5c4)c(-c4ccccc4)nc3N)s2)n1. The van der Waals surface area contributed by atoms with E-state index >= 15 is 0 Å². The van der Waals surface area contributed by atoms with Gasteiger partial charge in [-0.1, -0.05) is 65.4 Å². The molecule has 0 fully saturated rings. The second-order valence-electron chi connectivity index (χ2n) is 9.80. The molecule has 0 radical (unpaired) electrons. The highest BCUT2D eigenvalue weighted by molar-refractivity contribution is 7.14. The second-order valence-corrected chi connectivity index (χ2v) is 11.3. The summed E-state index contributed by atoms with van der Waals surface area (Å²) in [6, 6.07) is 23.0. The third kappa shape index (κ3) is 5.14. The maximum absolute atomic E-state index is 10.3. The highest BCUT2D eigenvalue weighted by atomic mass is 35.5. The van der Waals surface area contributed by atoms with Crippen LogP contribution in [0.1, 0.15) is 30.2 Å². The lowest BCUT2D eigenvalue weighted by Gasteiger charge is -2.16. The van der Waals surface area contributed by atoms with Crippen LogP contribution >= 0.6 is 22.9 Å². The molecule has 0 unspecified atom stereocenters. The van der Waals surface area contributed by atoms with Crippen LogP contribution in [-0.4, -0.2) is 35.2 Å². The third-order valence-corrected chi connectivity index (χ3v) is 7.56. The number of nitrogens with zero attached hydrogens (tertiary/aromatic N) is 6. The van der Waals surface area contributed by atoms with Crippen LogP contribution in [0.15, 0.2) is 79.0 Å². The highest BCUT2D eigenvalue weighted by Gasteiger charge is 2.21. The van der Waals surface area contributed by atoms with Crippen molar-refractivity contribution in [2.75, 3.05) is 5.73 Å². The van der Waals surface area contributed by atoms with Gasteiger partial charge in [0.2, 0.25) is 0 Å². The Labute approximate surface area is 239 Å². The highest BCUT2D eigenvalue weighted by Crippen LogP contribution is 2.37. The monoisotopic (exact) mass is 565 g/mol. The summed E-state index contributed by atoms with van der Waals surface area (Å²) in [4.78, 5) is 18.8. The minimum Gasteiger partial charge on any atom is -0.384 e. The summed E-state index contributed by atoms with van der Waals surface area (Å²) < 4.78 is 0. The Hall–Kier alpha value is -4.31. The first-order valence-corrected chi connectivity index (χ1v) is 13.7. The van der Waals surface area contributed by atoms with E-state index in [0.29, 0.717) is 44.7 Å². The van der Waals surface area contributed by atoms with Gasteiger partial charge >= 0.3 is 0 Å². The Morgan fingerprint density at radius 1 is 0.850 bits per heavy atom. The minimum atomic E-state index is -1.04. The smallest absolute Gasteiger partial charge is 0.170 e. The van der Waals surface area contributed by atoms with Gasteiger partial charge in [-0.25, -0.2) is 9.97 Å². The van der Waals surface area contributed by atoms with E-state index in [1.807, 2.05) is 66.7 Å². The molecule has 0 bridgehead atoms. The van der Waals surface area contributed by atoms with E-state index in [9.17, 15) is 5.11 Å². The van der Waals surface area contributed by atoms with E-state index in [1.54, 1.807) is 26.1 Å². The summed E-state index contributed by atoms with van der Waals surface area (Å²) >= 11 is 8.02. The average molecular weight is 566 g/mol. The standard InChI is InChI=1S/C30H24ClN7OS/c1-30(2,39)22-12-6-11-20(34-22)16-23-37-38-29(40-23)27-28(32)36-25(17-8-4-3-5-9-17)26(35-27)19-14-18-10-7-13-33-24(18)21(31)15-19/h3-15,39H,16H2,1-2H3,(H2,32,36). The maximum atomic E-state index is 10.3. The number of aromatic nitrogens is 6. The summed E-state index contributed by atoms with van der Waals surface area (Å²) in [7, 11) is 0. The molecule has 2 aromatic carbocycles. The van der Waals surface area contributed by atoms with Crippen LogP contribution in [0.2, 0.25) is 5.02 Å². The number of halogens is 1. The van der Waals surface area contributed by atoms with Crippen LogP contribution in [0.3, 0.4) is 0 Å². The van der Waals surface area contributed by atoms with Gasteiger partial charge in [0.05, 0.1) is 27.6 Å². The largest absolute Gasteiger partial charge is 0.384 e. The molecule has 0 aliphatic rings. The summed E-state index contributed by atoms with van der Waals surface area (Å²) in [6.07, 6.45) is 2.17. The van der Waals surface area contributed by atoms with Gasteiger partial charge in [0.25, 0.3) is 0 Å². The van der Waals surface area contributed by atoms with Crippen LogP contribution in [0.5, 0.6) is 0 Å². The Bertz CT molecular complexity index is 1850. The van der Waals surface area contributed by atoms with Crippen LogP contribution in [-0.2, 0) is 12.0 Å². The minimum absolute atomic E-state index is 0.251. The fourth-order valence-corrected chi connectivity index (χ4v) is 5.51. The zero-order valence-electron chi connectivity index (χ0n) is 21.7. The molecule has 40 heavy (non-hydrogen) atoms. The van der Waals surface area contributed by atoms with Crippen molar-refractivity contribution in [1.82, 2.24) is 30.1 Å². The van der Waals surface area contributed by atoms with Crippen LogP contribution in [0.25, 0.3) is 44.1 Å². The number of benzene rings is 2. The number of nitrogen functional groups attached to an aromatic ring is 1. The number of nitrogens with two attached hydrogens (primary N) is 1. The molecular weight excluding hydrogens is 542 g/mol. The Morgan fingerprint density at radius 3 is 2.45 bits per heavy atom. The zero-order valence-corrected chi connectivity index (χ0v) is 23.3. The van der Waals surface area contributed by atoms with Crippen molar-refractivity contribution in [3.63, 3.8) is 0 Å². The Kier molecular flexibility index (Phi) is 6.71. The molecule has 0 aliphatic heterocycles. The Balaban J connectivity index is 1.44. The summed E-state index contributed by atoms with van der Waals surface area (Å²) in [5, 5.41) is 21.8.